The zero-order valence-electron chi connectivity index (χ0n) is 8.90. The molecule has 0 radical (unpaired) electrons. The van der Waals surface area contributed by atoms with Gasteiger partial charge in [0.15, 0.2) is 0 Å². The van der Waals surface area contributed by atoms with Gasteiger partial charge in [0.25, 0.3) is 0 Å². The van der Waals surface area contributed by atoms with E-state index in [1.165, 1.54) is 0 Å². The lowest BCUT2D eigenvalue weighted by Crippen LogP contribution is -2.13. The summed E-state index contributed by atoms with van der Waals surface area (Å²) >= 11 is 9.25. The lowest BCUT2D eigenvalue weighted by molar-refractivity contribution is -0.135. The average molecular weight is 331 g/mol. The first-order valence-electron chi connectivity index (χ1n) is 5.07. The van der Waals surface area contributed by atoms with Crippen LogP contribution in [0.1, 0.15) is 30.9 Å². The molecule has 0 aliphatic rings. The normalized spacial score (nSPS) is 13.8. The van der Waals surface area contributed by atoms with Gasteiger partial charge in [0.05, 0.1) is 5.02 Å². The van der Waals surface area contributed by atoms with Crippen molar-refractivity contribution in [1.29, 1.82) is 0 Å². The van der Waals surface area contributed by atoms with Crippen LogP contribution in [0.5, 0.6) is 0 Å². The molecule has 0 spiro atoms. The van der Waals surface area contributed by atoms with Crippen LogP contribution in [0.4, 0.5) is 13.2 Å². The average Bonchev–Trinajstić information content (AvgIpc) is 2.20. The fourth-order valence-corrected chi connectivity index (χ4v) is 2.13. The predicted molar refractivity (Wildman–Crippen MR) is 66.0 cm³/mol. The van der Waals surface area contributed by atoms with Crippen LogP contribution in [-0.2, 0) is 0 Å². The zero-order valence-corrected chi connectivity index (χ0v) is 11.2. The molecular weight excluding hydrogens is 318 g/mol. The molecule has 1 aromatic carbocycles. The molecule has 0 aromatic heterocycles. The van der Waals surface area contributed by atoms with Crippen LogP contribution in [0.15, 0.2) is 22.7 Å². The molecule has 0 saturated carbocycles. The molecule has 17 heavy (non-hydrogen) atoms. The second-order valence-electron chi connectivity index (χ2n) is 3.76. The molecule has 1 rings (SSSR count). The molecule has 1 aromatic rings. The number of rotatable bonds is 4. The van der Waals surface area contributed by atoms with E-state index in [-0.39, 0.29) is 12.8 Å². The third-order valence-electron chi connectivity index (χ3n) is 2.36. The molecule has 0 amide bonds. The summed E-state index contributed by atoms with van der Waals surface area (Å²) in [6.07, 6.45) is -4.67. The van der Waals surface area contributed by atoms with Gasteiger partial charge in [0.2, 0.25) is 0 Å². The van der Waals surface area contributed by atoms with E-state index in [4.69, 9.17) is 17.3 Å². The predicted octanol–water partition coefficient (Wildman–Crippen LogP) is 4.83. The number of hydrogen-bond acceptors (Lipinski definition) is 1. The molecule has 2 N–H and O–H groups in total. The Hall–Kier alpha value is -0.260. The summed E-state index contributed by atoms with van der Waals surface area (Å²) in [5, 5.41) is 0.465. The van der Waals surface area contributed by atoms with Crippen molar-refractivity contribution in [2.75, 3.05) is 0 Å². The first-order valence-corrected chi connectivity index (χ1v) is 6.24. The fourth-order valence-electron chi connectivity index (χ4n) is 1.48. The minimum atomic E-state index is -4.12. The maximum Gasteiger partial charge on any atom is 0.389 e. The van der Waals surface area contributed by atoms with Gasteiger partial charge in [-0.25, -0.2) is 0 Å². The SMILES string of the molecule is NC(CCCC(F)(F)F)c1cccc(Br)c1Cl. The van der Waals surface area contributed by atoms with E-state index in [2.05, 4.69) is 15.9 Å². The van der Waals surface area contributed by atoms with Crippen molar-refractivity contribution in [3.05, 3.63) is 33.3 Å². The van der Waals surface area contributed by atoms with E-state index in [1.54, 1.807) is 18.2 Å². The van der Waals surface area contributed by atoms with Crippen molar-refractivity contribution < 1.29 is 13.2 Å². The Balaban J connectivity index is 2.58. The van der Waals surface area contributed by atoms with E-state index >= 15 is 0 Å². The summed E-state index contributed by atoms with van der Waals surface area (Å²) in [4.78, 5) is 0. The molecule has 0 bridgehead atoms. The highest BCUT2D eigenvalue weighted by Crippen LogP contribution is 2.32. The van der Waals surface area contributed by atoms with E-state index in [1.807, 2.05) is 0 Å². The third kappa shape index (κ3) is 4.85. The van der Waals surface area contributed by atoms with Crippen LogP contribution in [0.25, 0.3) is 0 Å². The quantitative estimate of drug-likeness (QED) is 0.840. The Morgan fingerprint density at radius 2 is 2.00 bits per heavy atom. The van der Waals surface area contributed by atoms with Gasteiger partial charge in [-0.2, -0.15) is 13.2 Å². The van der Waals surface area contributed by atoms with Gasteiger partial charge in [-0.1, -0.05) is 23.7 Å². The van der Waals surface area contributed by atoms with E-state index in [0.29, 0.717) is 15.1 Å². The minimum absolute atomic E-state index is 0.00745. The molecule has 1 atom stereocenters. The van der Waals surface area contributed by atoms with E-state index < -0.39 is 18.6 Å². The largest absolute Gasteiger partial charge is 0.389 e. The number of alkyl halides is 3. The Labute approximate surface area is 111 Å². The molecule has 1 nitrogen and oxygen atoms in total. The van der Waals surface area contributed by atoms with Crippen LogP contribution in [0.3, 0.4) is 0 Å². The first kappa shape index (κ1) is 14.8. The zero-order chi connectivity index (χ0) is 13.1. The van der Waals surface area contributed by atoms with Gasteiger partial charge in [-0.15, -0.1) is 0 Å². The summed E-state index contributed by atoms with van der Waals surface area (Å²) < 4.78 is 36.6. The lowest BCUT2D eigenvalue weighted by atomic mass is 10.0. The smallest absolute Gasteiger partial charge is 0.324 e. The highest BCUT2D eigenvalue weighted by molar-refractivity contribution is 9.10. The Kier molecular flexibility index (Phi) is 5.28. The Morgan fingerprint density at radius 1 is 1.35 bits per heavy atom. The molecule has 6 heteroatoms. The summed E-state index contributed by atoms with van der Waals surface area (Å²) in [5.41, 5.74) is 6.49. The van der Waals surface area contributed by atoms with Gasteiger partial charge in [0.1, 0.15) is 0 Å². The molecule has 0 fully saturated rings. The van der Waals surface area contributed by atoms with Crippen molar-refractivity contribution >= 4 is 27.5 Å². The van der Waals surface area contributed by atoms with Crippen molar-refractivity contribution in [2.24, 2.45) is 5.73 Å². The first-order chi connectivity index (χ1) is 7.81. The topological polar surface area (TPSA) is 26.0 Å². The number of benzene rings is 1. The van der Waals surface area contributed by atoms with Crippen LogP contribution >= 0.6 is 27.5 Å². The number of halogens is 5. The molecule has 96 valence electrons. The van der Waals surface area contributed by atoms with Crippen LogP contribution in [0, 0.1) is 0 Å². The van der Waals surface area contributed by atoms with Crippen molar-refractivity contribution in [1.82, 2.24) is 0 Å². The van der Waals surface area contributed by atoms with Crippen molar-refractivity contribution in [2.45, 2.75) is 31.5 Å². The highest BCUT2D eigenvalue weighted by Gasteiger charge is 2.26. The number of hydrogen-bond donors (Lipinski definition) is 1. The summed E-state index contributed by atoms with van der Waals surface area (Å²) in [7, 11) is 0. The second kappa shape index (κ2) is 6.07. The highest BCUT2D eigenvalue weighted by atomic mass is 79.9. The Bertz CT molecular complexity index is 381. The van der Waals surface area contributed by atoms with Crippen molar-refractivity contribution in [3.8, 4) is 0 Å². The molecule has 0 heterocycles. The van der Waals surface area contributed by atoms with Gasteiger partial charge >= 0.3 is 6.18 Å². The van der Waals surface area contributed by atoms with Crippen LogP contribution in [-0.4, -0.2) is 6.18 Å². The summed E-state index contributed by atoms with van der Waals surface area (Å²) in [6, 6.07) is 4.77. The van der Waals surface area contributed by atoms with Gasteiger partial charge in [-0.05, 0) is 40.4 Å². The lowest BCUT2D eigenvalue weighted by Gasteiger charge is -2.15. The molecule has 0 aliphatic heterocycles. The fraction of sp³-hybridized carbons (Fsp3) is 0.455. The van der Waals surface area contributed by atoms with E-state index in [9.17, 15) is 13.2 Å². The standard InChI is InChI=1S/C11H12BrClF3N/c12-8-4-1-3-7(10(8)13)9(17)5-2-6-11(14,15)16/h1,3-4,9H,2,5-6,17H2. The molecule has 1 unspecified atom stereocenters. The second-order valence-corrected chi connectivity index (χ2v) is 4.99. The molecular formula is C11H12BrClF3N. The van der Waals surface area contributed by atoms with Gasteiger partial charge in [-0.3, -0.25) is 0 Å². The van der Waals surface area contributed by atoms with Crippen molar-refractivity contribution in [3.63, 3.8) is 0 Å². The maximum atomic E-state index is 12.0. The van der Waals surface area contributed by atoms with E-state index in [0.717, 1.165) is 0 Å². The number of nitrogens with two attached hydrogens (primary N) is 1. The third-order valence-corrected chi connectivity index (χ3v) is 3.67. The van der Waals surface area contributed by atoms with Gasteiger partial charge < -0.3 is 5.73 Å². The summed E-state index contributed by atoms with van der Waals surface area (Å²) in [6.45, 7) is 0. The molecule has 0 aliphatic carbocycles. The minimum Gasteiger partial charge on any atom is -0.324 e. The monoisotopic (exact) mass is 329 g/mol. The van der Waals surface area contributed by atoms with Crippen LogP contribution < -0.4 is 5.73 Å². The maximum absolute atomic E-state index is 12.0. The molecule has 0 saturated heterocycles. The Morgan fingerprint density at radius 3 is 2.59 bits per heavy atom. The summed E-state index contributed by atoms with van der Waals surface area (Å²) in [5.74, 6) is 0. The van der Waals surface area contributed by atoms with Gasteiger partial charge in [0, 0.05) is 16.9 Å². The van der Waals surface area contributed by atoms with Crippen LogP contribution in [0.2, 0.25) is 5.02 Å².